The van der Waals surface area contributed by atoms with Crippen LogP contribution in [0.5, 0.6) is 0 Å². The molecule has 0 aliphatic heterocycles. The molecule has 3 nitrogen and oxygen atoms in total. The van der Waals surface area contributed by atoms with Crippen LogP contribution in [-0.4, -0.2) is 6.21 Å². The van der Waals surface area contributed by atoms with Crippen molar-refractivity contribution in [3.63, 3.8) is 0 Å². The Balaban J connectivity index is 0.00000176. The number of anilines is 1. The molecule has 1 saturated carbocycles. The minimum Gasteiger partial charge on any atom is -0.398 e. The number of nitrogen functional groups attached to an aromatic ring is 1. The average Bonchev–Trinajstić information content (AvgIpc) is 2.88. The lowest BCUT2D eigenvalue weighted by Gasteiger charge is -2.32. The van der Waals surface area contributed by atoms with Gasteiger partial charge >= 0.3 is 0 Å². The molecule has 3 aromatic rings. The van der Waals surface area contributed by atoms with E-state index in [-0.39, 0.29) is 0 Å². The number of benzene rings is 3. The van der Waals surface area contributed by atoms with Crippen molar-refractivity contribution in [3.8, 4) is 6.07 Å². The van der Waals surface area contributed by atoms with Crippen molar-refractivity contribution in [2.24, 2.45) is 5.92 Å². The zero-order valence-electron chi connectivity index (χ0n) is 21.5. The topological polar surface area (TPSA) is 73.7 Å². The van der Waals surface area contributed by atoms with Crippen molar-refractivity contribution in [1.82, 2.24) is 0 Å². The van der Waals surface area contributed by atoms with Gasteiger partial charge in [0.25, 0.3) is 0 Å². The molecule has 3 N–H and O–H groups in total. The molecule has 0 bridgehead atoms. The molecule has 1 aliphatic carbocycles. The SMILES string of the molecule is C=C(C)/C=C/c1ccc(/C(=C(\c2ccccc2)C2CCC2)c2ccc(N)c(C=N)c2C#N)cc1.CC. The fourth-order valence-corrected chi connectivity index (χ4v) is 4.47. The molecule has 182 valence electrons. The Bertz CT molecular complexity index is 1320. The maximum Gasteiger partial charge on any atom is 0.101 e. The predicted molar refractivity (Wildman–Crippen MR) is 155 cm³/mol. The molecule has 36 heavy (non-hydrogen) atoms. The average molecular weight is 474 g/mol. The second-order valence-corrected chi connectivity index (χ2v) is 8.83. The monoisotopic (exact) mass is 473 g/mol. The van der Waals surface area contributed by atoms with Crippen molar-refractivity contribution in [3.05, 3.63) is 118 Å². The van der Waals surface area contributed by atoms with Gasteiger partial charge in [0.1, 0.15) is 6.07 Å². The van der Waals surface area contributed by atoms with E-state index < -0.39 is 0 Å². The zero-order valence-corrected chi connectivity index (χ0v) is 21.5. The number of hydrogen-bond acceptors (Lipinski definition) is 3. The van der Waals surface area contributed by atoms with E-state index in [4.69, 9.17) is 11.1 Å². The summed E-state index contributed by atoms with van der Waals surface area (Å²) in [6.07, 6.45) is 8.70. The second-order valence-electron chi connectivity index (χ2n) is 8.83. The zero-order chi connectivity index (χ0) is 26.1. The number of allylic oxidation sites excluding steroid dienone is 3. The number of nitrogens with one attached hydrogen (secondary N) is 1. The fourth-order valence-electron chi connectivity index (χ4n) is 4.47. The first-order chi connectivity index (χ1) is 17.5. The first-order valence-corrected chi connectivity index (χ1v) is 12.6. The van der Waals surface area contributed by atoms with Crippen LogP contribution in [0.1, 0.15) is 73.4 Å². The van der Waals surface area contributed by atoms with Crippen molar-refractivity contribution < 1.29 is 0 Å². The van der Waals surface area contributed by atoms with Gasteiger partial charge in [0, 0.05) is 23.0 Å². The van der Waals surface area contributed by atoms with Crippen LogP contribution in [0.4, 0.5) is 5.69 Å². The summed E-state index contributed by atoms with van der Waals surface area (Å²) in [6.45, 7) is 9.91. The minimum atomic E-state index is 0.424. The quantitative estimate of drug-likeness (QED) is 0.156. The highest BCUT2D eigenvalue weighted by atomic mass is 14.6. The van der Waals surface area contributed by atoms with Gasteiger partial charge in [0.05, 0.1) is 5.56 Å². The van der Waals surface area contributed by atoms with Crippen LogP contribution in [0.3, 0.4) is 0 Å². The van der Waals surface area contributed by atoms with Gasteiger partial charge in [0.2, 0.25) is 0 Å². The molecule has 4 rings (SSSR count). The third kappa shape index (κ3) is 5.73. The molecule has 0 unspecified atom stereocenters. The van der Waals surface area contributed by atoms with E-state index in [2.05, 4.69) is 67.3 Å². The van der Waals surface area contributed by atoms with Crippen LogP contribution in [0.15, 0.2) is 85.0 Å². The number of rotatable bonds is 7. The Morgan fingerprint density at radius 3 is 2.19 bits per heavy atom. The van der Waals surface area contributed by atoms with Crippen LogP contribution >= 0.6 is 0 Å². The molecule has 1 aliphatic rings. The maximum atomic E-state index is 10.1. The molecule has 3 aromatic carbocycles. The summed E-state index contributed by atoms with van der Waals surface area (Å²) in [5.74, 6) is 0.424. The van der Waals surface area contributed by atoms with Crippen LogP contribution in [0, 0.1) is 22.7 Å². The summed E-state index contributed by atoms with van der Waals surface area (Å²) < 4.78 is 0. The molecule has 0 aromatic heterocycles. The number of nitriles is 1. The van der Waals surface area contributed by atoms with E-state index >= 15 is 0 Å². The van der Waals surface area contributed by atoms with Gasteiger partial charge in [0.15, 0.2) is 0 Å². The maximum absolute atomic E-state index is 10.1. The smallest absolute Gasteiger partial charge is 0.101 e. The summed E-state index contributed by atoms with van der Waals surface area (Å²) in [5.41, 5.74) is 15.0. The largest absolute Gasteiger partial charge is 0.398 e. The van der Waals surface area contributed by atoms with Crippen LogP contribution in [0.2, 0.25) is 0 Å². The molecule has 0 amide bonds. The number of nitrogens with two attached hydrogens (primary N) is 1. The lowest BCUT2D eigenvalue weighted by atomic mass is 9.72. The number of nitrogens with zero attached hydrogens (tertiary/aromatic N) is 1. The Kier molecular flexibility index (Phi) is 9.19. The normalized spacial score (nSPS) is 13.6. The summed E-state index contributed by atoms with van der Waals surface area (Å²) in [6, 6.07) is 25.0. The van der Waals surface area contributed by atoms with Gasteiger partial charge < -0.3 is 11.1 Å². The molecule has 0 saturated heterocycles. The van der Waals surface area contributed by atoms with Crippen molar-refractivity contribution in [2.45, 2.75) is 40.0 Å². The van der Waals surface area contributed by atoms with Gasteiger partial charge in [-0.15, -0.1) is 0 Å². The Morgan fingerprint density at radius 2 is 1.67 bits per heavy atom. The van der Waals surface area contributed by atoms with Crippen molar-refractivity contribution >= 4 is 29.1 Å². The van der Waals surface area contributed by atoms with E-state index in [0.717, 1.165) is 40.7 Å². The molecule has 0 radical (unpaired) electrons. The summed E-state index contributed by atoms with van der Waals surface area (Å²) >= 11 is 0. The van der Waals surface area contributed by atoms with E-state index in [1.54, 1.807) is 0 Å². The first kappa shape index (κ1) is 26.4. The Labute approximate surface area is 215 Å². The van der Waals surface area contributed by atoms with Gasteiger partial charge in [-0.3, -0.25) is 0 Å². The van der Waals surface area contributed by atoms with Crippen molar-refractivity contribution in [2.75, 3.05) is 5.73 Å². The summed E-state index contributed by atoms with van der Waals surface area (Å²) in [4.78, 5) is 0. The van der Waals surface area contributed by atoms with Gasteiger partial charge in [-0.05, 0) is 59.6 Å². The summed E-state index contributed by atoms with van der Waals surface area (Å²) in [5, 5.41) is 18.0. The highest BCUT2D eigenvalue weighted by Crippen LogP contribution is 2.46. The fraction of sp³-hybridized carbons (Fsp3) is 0.212. The van der Waals surface area contributed by atoms with E-state index in [1.807, 2.05) is 45.0 Å². The summed E-state index contributed by atoms with van der Waals surface area (Å²) in [7, 11) is 0. The predicted octanol–water partition coefficient (Wildman–Crippen LogP) is 8.51. The molecule has 0 atom stereocenters. The molecule has 0 spiro atoms. The highest BCUT2D eigenvalue weighted by Gasteiger charge is 2.28. The standard InChI is InChI=1S/C31H29N3.C2H6/c1-21(2)11-12-22-13-15-25(16-14-22)31(26-17-18-29(34)28(20-33)27(26)19-32)30(24-9-6-10-24)23-7-4-3-5-8-23;1-2/h3-5,7-8,11-18,20,24,33H,1,6,9-10,34H2,2H3;1-2H3/b12-11+,31-30-,33-20?;. The van der Waals surface area contributed by atoms with Gasteiger partial charge in [-0.1, -0.05) is 105 Å². The molecule has 1 fully saturated rings. The number of hydrogen-bond donors (Lipinski definition) is 2. The van der Waals surface area contributed by atoms with Crippen molar-refractivity contribution in [1.29, 1.82) is 10.7 Å². The third-order valence-corrected chi connectivity index (χ3v) is 6.43. The minimum absolute atomic E-state index is 0.424. The van der Waals surface area contributed by atoms with Gasteiger partial charge in [-0.25, -0.2) is 0 Å². The first-order valence-electron chi connectivity index (χ1n) is 12.6. The van der Waals surface area contributed by atoms with E-state index in [0.29, 0.717) is 22.7 Å². The van der Waals surface area contributed by atoms with Crippen LogP contribution in [-0.2, 0) is 0 Å². The van der Waals surface area contributed by atoms with Gasteiger partial charge in [-0.2, -0.15) is 5.26 Å². The van der Waals surface area contributed by atoms with E-state index in [1.165, 1.54) is 23.8 Å². The molecule has 0 heterocycles. The Hall–Kier alpha value is -4.16. The second kappa shape index (κ2) is 12.5. The lowest BCUT2D eigenvalue weighted by molar-refractivity contribution is 0.401. The molecular formula is C33H35N3. The molecule has 3 heteroatoms. The van der Waals surface area contributed by atoms with E-state index in [9.17, 15) is 5.26 Å². The van der Waals surface area contributed by atoms with Crippen LogP contribution in [0.25, 0.3) is 17.2 Å². The molecular weight excluding hydrogens is 438 g/mol. The Morgan fingerprint density at radius 1 is 1.00 bits per heavy atom. The third-order valence-electron chi connectivity index (χ3n) is 6.43. The highest BCUT2D eigenvalue weighted by molar-refractivity contribution is 6.03. The van der Waals surface area contributed by atoms with Crippen LogP contribution < -0.4 is 5.73 Å². The lowest BCUT2D eigenvalue weighted by Crippen LogP contribution is -2.15.